The second-order valence-electron chi connectivity index (χ2n) is 6.14. The van der Waals surface area contributed by atoms with Gasteiger partial charge in [-0.05, 0) is 50.3 Å². The van der Waals surface area contributed by atoms with Crippen LogP contribution in [0.1, 0.15) is 56.0 Å². The van der Waals surface area contributed by atoms with Gasteiger partial charge in [0.05, 0.1) is 0 Å². The zero-order valence-electron chi connectivity index (χ0n) is 13.0. The molecule has 0 spiro atoms. The van der Waals surface area contributed by atoms with Crippen molar-refractivity contribution in [1.82, 2.24) is 4.90 Å². The lowest BCUT2D eigenvalue weighted by atomic mass is 9.97. The van der Waals surface area contributed by atoms with E-state index >= 15 is 0 Å². The van der Waals surface area contributed by atoms with E-state index in [1.165, 1.54) is 0 Å². The largest absolute Gasteiger partial charge is 0.399 e. The van der Waals surface area contributed by atoms with Crippen molar-refractivity contribution in [2.45, 2.75) is 59.0 Å². The molecule has 2 N–H and O–H groups in total. The summed E-state index contributed by atoms with van der Waals surface area (Å²) in [7, 11) is 0. The van der Waals surface area contributed by atoms with Crippen molar-refractivity contribution in [2.75, 3.05) is 5.73 Å². The number of hydrogen-bond acceptors (Lipinski definition) is 2. The van der Waals surface area contributed by atoms with Crippen LogP contribution in [0.5, 0.6) is 0 Å². The average Bonchev–Trinajstić information content (AvgIpc) is 3.25. The summed E-state index contributed by atoms with van der Waals surface area (Å²) >= 11 is 0. The summed E-state index contributed by atoms with van der Waals surface area (Å²) in [4.78, 5) is 15.0. The van der Waals surface area contributed by atoms with Gasteiger partial charge in [-0.15, -0.1) is 0 Å². The van der Waals surface area contributed by atoms with E-state index in [0.29, 0.717) is 17.6 Å². The van der Waals surface area contributed by atoms with Gasteiger partial charge >= 0.3 is 0 Å². The normalized spacial score (nSPS) is 17.6. The van der Waals surface area contributed by atoms with Crippen molar-refractivity contribution in [2.24, 2.45) is 5.92 Å². The molecule has 0 aromatic heterocycles. The van der Waals surface area contributed by atoms with E-state index in [-0.39, 0.29) is 11.9 Å². The number of nitrogen functional groups attached to an aromatic ring is 1. The topological polar surface area (TPSA) is 46.3 Å². The maximum atomic E-state index is 12.9. The highest BCUT2D eigenvalue weighted by Gasteiger charge is 2.37. The van der Waals surface area contributed by atoms with Crippen LogP contribution in [0.2, 0.25) is 0 Å². The fourth-order valence-corrected chi connectivity index (χ4v) is 2.66. The third-order valence-electron chi connectivity index (χ3n) is 4.57. The van der Waals surface area contributed by atoms with Crippen LogP contribution in [-0.2, 0) is 0 Å². The van der Waals surface area contributed by atoms with Crippen molar-refractivity contribution in [3.8, 4) is 0 Å². The Hall–Kier alpha value is -1.51. The van der Waals surface area contributed by atoms with Crippen molar-refractivity contribution in [3.63, 3.8) is 0 Å². The predicted molar refractivity (Wildman–Crippen MR) is 83.7 cm³/mol. The number of carbonyl (C=O) groups is 1. The van der Waals surface area contributed by atoms with Crippen LogP contribution in [0.15, 0.2) is 18.2 Å². The number of amides is 1. The zero-order valence-corrected chi connectivity index (χ0v) is 13.0. The van der Waals surface area contributed by atoms with Gasteiger partial charge in [-0.2, -0.15) is 0 Å². The first-order chi connectivity index (χ1) is 9.45. The fourth-order valence-electron chi connectivity index (χ4n) is 2.66. The highest BCUT2D eigenvalue weighted by Crippen LogP contribution is 2.33. The second kappa shape index (κ2) is 5.86. The molecule has 0 aliphatic heterocycles. The van der Waals surface area contributed by atoms with Crippen LogP contribution >= 0.6 is 0 Å². The van der Waals surface area contributed by atoms with E-state index in [9.17, 15) is 4.79 Å². The van der Waals surface area contributed by atoms with Gasteiger partial charge < -0.3 is 10.6 Å². The Morgan fingerprint density at radius 1 is 1.40 bits per heavy atom. The number of nitrogens with zero attached hydrogens (tertiary/aromatic N) is 1. The van der Waals surface area contributed by atoms with Gasteiger partial charge in [0.1, 0.15) is 0 Å². The Bertz CT molecular complexity index is 494. The highest BCUT2D eigenvalue weighted by molar-refractivity contribution is 5.97. The van der Waals surface area contributed by atoms with Crippen LogP contribution in [0.4, 0.5) is 5.69 Å². The first kappa shape index (κ1) is 14.9. The maximum Gasteiger partial charge on any atom is 0.254 e. The lowest BCUT2D eigenvalue weighted by Gasteiger charge is -2.33. The quantitative estimate of drug-likeness (QED) is 0.834. The summed E-state index contributed by atoms with van der Waals surface area (Å²) in [6, 6.07) is 6.30. The number of carbonyl (C=O) groups excluding carboxylic acids is 1. The minimum atomic E-state index is 0.144. The number of anilines is 1. The summed E-state index contributed by atoms with van der Waals surface area (Å²) in [5.41, 5.74) is 8.27. The molecule has 1 amide bonds. The van der Waals surface area contributed by atoms with Gasteiger partial charge in [0.2, 0.25) is 0 Å². The summed E-state index contributed by atoms with van der Waals surface area (Å²) in [6.07, 6.45) is 3.36. The molecule has 1 aromatic rings. The third-order valence-corrected chi connectivity index (χ3v) is 4.57. The SMILES string of the molecule is CCC(C)C(C)N(C(=O)c1cc(N)ccc1C)C1CC1. The smallest absolute Gasteiger partial charge is 0.254 e. The van der Waals surface area contributed by atoms with Gasteiger partial charge in [0.15, 0.2) is 0 Å². The summed E-state index contributed by atoms with van der Waals surface area (Å²) in [5.74, 6) is 0.658. The molecule has 0 bridgehead atoms. The number of rotatable bonds is 5. The van der Waals surface area contributed by atoms with Gasteiger partial charge in [-0.3, -0.25) is 4.79 Å². The van der Waals surface area contributed by atoms with Crippen LogP contribution in [0.25, 0.3) is 0 Å². The van der Waals surface area contributed by atoms with Crippen LogP contribution < -0.4 is 5.73 Å². The zero-order chi connectivity index (χ0) is 14.9. The third kappa shape index (κ3) is 2.97. The van der Waals surface area contributed by atoms with Crippen LogP contribution in [0, 0.1) is 12.8 Å². The lowest BCUT2D eigenvalue weighted by Crippen LogP contribution is -2.43. The maximum absolute atomic E-state index is 12.9. The summed E-state index contributed by atoms with van der Waals surface area (Å²) in [6.45, 7) is 8.56. The molecule has 1 aliphatic carbocycles. The molecule has 1 aromatic carbocycles. The molecule has 1 aliphatic rings. The van der Waals surface area contributed by atoms with E-state index in [4.69, 9.17) is 5.73 Å². The molecule has 0 heterocycles. The van der Waals surface area contributed by atoms with E-state index in [0.717, 1.165) is 30.4 Å². The standard InChI is InChI=1S/C17H26N2O/c1-5-11(2)13(4)19(15-8-9-15)17(20)16-10-14(18)7-6-12(16)3/h6-7,10-11,13,15H,5,8-9,18H2,1-4H3. The number of nitrogens with two attached hydrogens (primary N) is 1. The summed E-state index contributed by atoms with van der Waals surface area (Å²) in [5, 5.41) is 0. The van der Waals surface area contributed by atoms with Crippen molar-refractivity contribution < 1.29 is 4.79 Å². The van der Waals surface area contributed by atoms with Gasteiger partial charge in [0.25, 0.3) is 5.91 Å². The van der Waals surface area contributed by atoms with Crippen molar-refractivity contribution >= 4 is 11.6 Å². The van der Waals surface area contributed by atoms with Gasteiger partial charge in [-0.25, -0.2) is 0 Å². The first-order valence-corrected chi connectivity index (χ1v) is 7.64. The highest BCUT2D eigenvalue weighted by atomic mass is 16.2. The molecule has 2 unspecified atom stereocenters. The van der Waals surface area contributed by atoms with Crippen molar-refractivity contribution in [3.05, 3.63) is 29.3 Å². The molecule has 3 nitrogen and oxygen atoms in total. The van der Waals surface area contributed by atoms with Gasteiger partial charge in [0, 0.05) is 23.3 Å². The van der Waals surface area contributed by atoms with E-state index in [2.05, 4.69) is 25.7 Å². The summed E-state index contributed by atoms with van der Waals surface area (Å²) < 4.78 is 0. The first-order valence-electron chi connectivity index (χ1n) is 7.64. The number of aryl methyl sites for hydroxylation is 1. The molecule has 0 radical (unpaired) electrons. The Balaban J connectivity index is 2.29. The van der Waals surface area contributed by atoms with E-state index in [1.807, 2.05) is 25.1 Å². The van der Waals surface area contributed by atoms with Crippen LogP contribution in [0.3, 0.4) is 0 Å². The number of hydrogen-bond donors (Lipinski definition) is 1. The van der Waals surface area contributed by atoms with Gasteiger partial charge in [-0.1, -0.05) is 26.3 Å². The Labute approximate surface area is 122 Å². The molecule has 1 fully saturated rings. The fraction of sp³-hybridized carbons (Fsp3) is 0.588. The minimum absolute atomic E-state index is 0.144. The average molecular weight is 274 g/mol. The Kier molecular flexibility index (Phi) is 4.36. The van der Waals surface area contributed by atoms with Crippen LogP contribution in [-0.4, -0.2) is 22.9 Å². The monoisotopic (exact) mass is 274 g/mol. The Morgan fingerprint density at radius 3 is 2.60 bits per heavy atom. The minimum Gasteiger partial charge on any atom is -0.399 e. The number of benzene rings is 1. The molecule has 110 valence electrons. The predicted octanol–water partition coefficient (Wildman–Crippen LogP) is 3.62. The molecule has 0 saturated heterocycles. The second-order valence-corrected chi connectivity index (χ2v) is 6.14. The molecule has 2 rings (SSSR count). The molecular formula is C17H26N2O. The van der Waals surface area contributed by atoms with E-state index < -0.39 is 0 Å². The molecule has 1 saturated carbocycles. The Morgan fingerprint density at radius 2 is 2.05 bits per heavy atom. The molecule has 20 heavy (non-hydrogen) atoms. The molecule has 3 heteroatoms. The van der Waals surface area contributed by atoms with E-state index in [1.54, 1.807) is 0 Å². The van der Waals surface area contributed by atoms with Crippen molar-refractivity contribution in [1.29, 1.82) is 0 Å². The molecular weight excluding hydrogens is 248 g/mol. The lowest BCUT2D eigenvalue weighted by molar-refractivity contribution is 0.0615. The molecule has 2 atom stereocenters.